The van der Waals surface area contributed by atoms with Crippen molar-refractivity contribution in [2.75, 3.05) is 11.9 Å². The highest BCUT2D eigenvalue weighted by atomic mass is 16.1. The molecule has 0 aliphatic rings. The number of aromatic nitrogens is 4. The first kappa shape index (κ1) is 14.9. The van der Waals surface area contributed by atoms with Crippen molar-refractivity contribution < 1.29 is 0 Å². The number of anilines is 1. The molecule has 0 saturated carbocycles. The third-order valence-electron chi connectivity index (χ3n) is 3.35. The molecule has 0 aliphatic carbocycles. The molecule has 0 radical (unpaired) electrons. The topological polar surface area (TPSA) is 83.6 Å². The predicted octanol–water partition coefficient (Wildman–Crippen LogP) is 2.27. The summed E-state index contributed by atoms with van der Waals surface area (Å²) in [6, 6.07) is 11.0. The average molecular weight is 307 g/mol. The smallest absolute Gasteiger partial charge is 0.252 e. The van der Waals surface area contributed by atoms with Crippen molar-refractivity contribution in [3.05, 3.63) is 71.0 Å². The molecule has 2 N–H and O–H groups in total. The van der Waals surface area contributed by atoms with Crippen LogP contribution in [-0.2, 0) is 6.42 Å². The first-order chi connectivity index (χ1) is 11.3. The molecule has 3 rings (SSSR count). The van der Waals surface area contributed by atoms with Gasteiger partial charge in [-0.3, -0.25) is 19.7 Å². The van der Waals surface area contributed by atoms with Crippen molar-refractivity contribution in [3.63, 3.8) is 0 Å². The van der Waals surface area contributed by atoms with Gasteiger partial charge in [-0.2, -0.15) is 0 Å². The molecule has 0 aromatic carbocycles. The summed E-state index contributed by atoms with van der Waals surface area (Å²) in [5.41, 5.74) is 2.37. The zero-order valence-electron chi connectivity index (χ0n) is 12.6. The summed E-state index contributed by atoms with van der Waals surface area (Å²) in [4.78, 5) is 27.2. The van der Waals surface area contributed by atoms with Gasteiger partial charge < -0.3 is 5.32 Å². The molecular formula is C17H17N5O. The van der Waals surface area contributed by atoms with E-state index in [4.69, 9.17) is 0 Å². The fourth-order valence-electron chi connectivity index (χ4n) is 2.23. The molecule has 0 saturated heterocycles. The predicted molar refractivity (Wildman–Crippen MR) is 89.1 cm³/mol. The van der Waals surface area contributed by atoms with Crippen molar-refractivity contribution >= 4 is 5.95 Å². The number of aryl methyl sites for hydroxylation is 1. The Labute approximate surface area is 133 Å². The van der Waals surface area contributed by atoms with Crippen molar-refractivity contribution in [3.8, 4) is 11.3 Å². The van der Waals surface area contributed by atoms with Crippen molar-refractivity contribution in [2.24, 2.45) is 0 Å². The first-order valence-electron chi connectivity index (χ1n) is 7.47. The van der Waals surface area contributed by atoms with Crippen LogP contribution in [0.2, 0.25) is 0 Å². The van der Waals surface area contributed by atoms with Gasteiger partial charge in [-0.15, -0.1) is 0 Å². The Kier molecular flexibility index (Phi) is 4.73. The number of H-pyrrole nitrogens is 1. The van der Waals surface area contributed by atoms with Gasteiger partial charge in [0.05, 0.1) is 5.69 Å². The number of nitrogens with zero attached hydrogens (tertiary/aromatic N) is 3. The van der Waals surface area contributed by atoms with Crippen LogP contribution in [0.4, 0.5) is 5.95 Å². The van der Waals surface area contributed by atoms with E-state index >= 15 is 0 Å². The van der Waals surface area contributed by atoms with Crippen LogP contribution in [-0.4, -0.2) is 26.5 Å². The zero-order chi connectivity index (χ0) is 15.9. The highest BCUT2D eigenvalue weighted by Crippen LogP contribution is 2.14. The zero-order valence-corrected chi connectivity index (χ0v) is 12.6. The first-order valence-corrected chi connectivity index (χ1v) is 7.47. The molecular weight excluding hydrogens is 290 g/mol. The molecule has 23 heavy (non-hydrogen) atoms. The van der Waals surface area contributed by atoms with Crippen LogP contribution < -0.4 is 10.9 Å². The summed E-state index contributed by atoms with van der Waals surface area (Å²) in [6.45, 7) is 0.708. The summed E-state index contributed by atoms with van der Waals surface area (Å²) in [6.07, 6.45) is 6.93. The molecule has 0 fully saturated rings. The second-order valence-electron chi connectivity index (χ2n) is 5.07. The molecule has 6 heteroatoms. The minimum atomic E-state index is -0.181. The number of hydrogen-bond donors (Lipinski definition) is 2. The lowest BCUT2D eigenvalue weighted by molar-refractivity contribution is 0.828. The van der Waals surface area contributed by atoms with E-state index in [1.54, 1.807) is 18.6 Å². The van der Waals surface area contributed by atoms with Crippen LogP contribution >= 0.6 is 0 Å². The molecule has 0 aliphatic heterocycles. The number of nitrogens with one attached hydrogen (secondary N) is 2. The van der Waals surface area contributed by atoms with Gasteiger partial charge in [-0.25, -0.2) is 4.98 Å². The molecule has 0 spiro atoms. The van der Waals surface area contributed by atoms with E-state index in [-0.39, 0.29) is 5.56 Å². The normalized spacial score (nSPS) is 10.4. The van der Waals surface area contributed by atoms with E-state index in [1.165, 1.54) is 6.07 Å². The van der Waals surface area contributed by atoms with Crippen LogP contribution in [0.5, 0.6) is 0 Å². The Balaban J connectivity index is 1.62. The SMILES string of the molecule is O=c1cc(-c2ccncc2)nc(NCCCc2ccccn2)[nH]1. The van der Waals surface area contributed by atoms with Crippen LogP contribution in [0.3, 0.4) is 0 Å². The van der Waals surface area contributed by atoms with Gasteiger partial charge >= 0.3 is 0 Å². The monoisotopic (exact) mass is 307 g/mol. The molecule has 3 heterocycles. The maximum atomic E-state index is 11.8. The minimum Gasteiger partial charge on any atom is -0.356 e. The van der Waals surface area contributed by atoms with Gasteiger partial charge in [0.2, 0.25) is 5.95 Å². The highest BCUT2D eigenvalue weighted by Gasteiger charge is 2.03. The summed E-state index contributed by atoms with van der Waals surface area (Å²) < 4.78 is 0. The van der Waals surface area contributed by atoms with Gasteiger partial charge in [-0.05, 0) is 37.1 Å². The number of pyridine rings is 2. The van der Waals surface area contributed by atoms with E-state index in [2.05, 4.69) is 25.3 Å². The largest absolute Gasteiger partial charge is 0.356 e. The highest BCUT2D eigenvalue weighted by molar-refractivity contribution is 5.58. The van der Waals surface area contributed by atoms with E-state index < -0.39 is 0 Å². The van der Waals surface area contributed by atoms with Crippen LogP contribution in [0.1, 0.15) is 12.1 Å². The maximum Gasteiger partial charge on any atom is 0.252 e. The Morgan fingerprint density at radius 1 is 1.09 bits per heavy atom. The molecule has 3 aromatic heterocycles. The van der Waals surface area contributed by atoms with Gasteiger partial charge in [0.25, 0.3) is 5.56 Å². The minimum absolute atomic E-state index is 0.181. The van der Waals surface area contributed by atoms with Crippen LogP contribution in [0.15, 0.2) is 59.8 Å². The van der Waals surface area contributed by atoms with Crippen molar-refractivity contribution in [1.82, 2.24) is 19.9 Å². The van der Waals surface area contributed by atoms with E-state index in [9.17, 15) is 4.79 Å². The molecule has 0 unspecified atom stereocenters. The summed E-state index contributed by atoms with van der Waals surface area (Å²) in [7, 11) is 0. The lowest BCUT2D eigenvalue weighted by Crippen LogP contribution is -2.14. The molecule has 3 aromatic rings. The Bertz CT molecular complexity index is 802. The Morgan fingerprint density at radius 3 is 2.74 bits per heavy atom. The lowest BCUT2D eigenvalue weighted by atomic mass is 10.2. The van der Waals surface area contributed by atoms with Crippen molar-refractivity contribution in [2.45, 2.75) is 12.8 Å². The number of hydrogen-bond acceptors (Lipinski definition) is 5. The second kappa shape index (κ2) is 7.31. The van der Waals surface area contributed by atoms with Crippen LogP contribution in [0, 0.1) is 0 Å². The standard InChI is InChI=1S/C17H17N5O/c23-16-12-15(13-6-10-18-11-7-13)21-17(22-16)20-9-3-5-14-4-1-2-8-19-14/h1-2,4,6-8,10-12H,3,5,9H2,(H2,20,21,22,23). The molecule has 0 atom stereocenters. The van der Waals surface area contributed by atoms with E-state index in [0.717, 1.165) is 24.1 Å². The van der Waals surface area contributed by atoms with E-state index in [0.29, 0.717) is 18.2 Å². The Morgan fingerprint density at radius 2 is 1.96 bits per heavy atom. The van der Waals surface area contributed by atoms with E-state index in [1.807, 2.05) is 30.3 Å². The maximum absolute atomic E-state index is 11.8. The summed E-state index contributed by atoms with van der Waals surface area (Å²) in [5.74, 6) is 0.477. The van der Waals surface area contributed by atoms with Crippen molar-refractivity contribution in [1.29, 1.82) is 0 Å². The van der Waals surface area contributed by atoms with Gasteiger partial charge in [0.1, 0.15) is 0 Å². The summed E-state index contributed by atoms with van der Waals surface area (Å²) in [5, 5.41) is 3.16. The Hall–Kier alpha value is -3.02. The van der Waals surface area contributed by atoms with Crippen LogP contribution in [0.25, 0.3) is 11.3 Å². The van der Waals surface area contributed by atoms with Gasteiger partial charge in [-0.1, -0.05) is 6.07 Å². The molecule has 0 bridgehead atoms. The quantitative estimate of drug-likeness (QED) is 0.683. The fourth-order valence-corrected chi connectivity index (χ4v) is 2.23. The number of rotatable bonds is 6. The summed E-state index contributed by atoms with van der Waals surface area (Å²) >= 11 is 0. The second-order valence-corrected chi connectivity index (χ2v) is 5.07. The average Bonchev–Trinajstić information content (AvgIpc) is 2.60. The third-order valence-corrected chi connectivity index (χ3v) is 3.35. The number of aromatic amines is 1. The third kappa shape index (κ3) is 4.23. The molecule has 116 valence electrons. The van der Waals surface area contributed by atoms with Gasteiger partial charge in [0.15, 0.2) is 0 Å². The lowest BCUT2D eigenvalue weighted by Gasteiger charge is -2.07. The van der Waals surface area contributed by atoms with Gasteiger partial charge in [0, 0.05) is 42.5 Å². The molecule has 6 nitrogen and oxygen atoms in total. The fraction of sp³-hybridized carbons (Fsp3) is 0.176. The molecule has 0 amide bonds.